The Hall–Kier alpha value is 0.1000. The van der Waals surface area contributed by atoms with Crippen LogP contribution in [0, 0.1) is 10.5 Å². The number of hydrogen-bond acceptors (Lipinski definition) is 2. The summed E-state index contributed by atoms with van der Waals surface area (Å²) in [4.78, 5) is 13.2. The van der Waals surface area contributed by atoms with E-state index in [2.05, 4.69) is 36.4 Å². The molecule has 0 radical (unpaired) electrons. The minimum absolute atomic E-state index is 0.945. The zero-order valence-corrected chi connectivity index (χ0v) is 13.7. The summed E-state index contributed by atoms with van der Waals surface area (Å²) in [7, 11) is 0. The van der Waals surface area contributed by atoms with Gasteiger partial charge in [0.05, 0.1) is 4.88 Å². The molecule has 17 heavy (non-hydrogen) atoms. The number of halogens is 1. The van der Waals surface area contributed by atoms with Crippen LogP contribution in [-0.4, -0.2) is 6.29 Å². The Bertz CT molecular complexity index is 357. The predicted molar refractivity (Wildman–Crippen MR) is 84.2 cm³/mol. The third-order valence-electron chi connectivity index (χ3n) is 3.02. The number of hydrogen-bond donors (Lipinski definition) is 0. The SMILES string of the molecule is CCCCCCCCc1c(C=O)sc(C)c1I. The predicted octanol–water partition coefficient (Wildman–Crippen LogP) is 5.38. The van der Waals surface area contributed by atoms with Gasteiger partial charge in [-0.15, -0.1) is 11.3 Å². The van der Waals surface area contributed by atoms with E-state index in [1.165, 1.54) is 52.5 Å². The number of rotatable bonds is 8. The molecule has 0 saturated carbocycles. The van der Waals surface area contributed by atoms with Gasteiger partial charge in [-0.1, -0.05) is 39.0 Å². The second-order valence-corrected chi connectivity index (χ2v) is 6.79. The molecule has 96 valence electrons. The van der Waals surface area contributed by atoms with Gasteiger partial charge in [0.2, 0.25) is 0 Å². The lowest BCUT2D eigenvalue weighted by Crippen LogP contribution is -1.91. The van der Waals surface area contributed by atoms with E-state index < -0.39 is 0 Å². The summed E-state index contributed by atoms with van der Waals surface area (Å²) in [6.07, 6.45) is 9.96. The van der Waals surface area contributed by atoms with Crippen LogP contribution in [0.3, 0.4) is 0 Å². The van der Waals surface area contributed by atoms with Gasteiger partial charge in [-0.25, -0.2) is 0 Å². The van der Waals surface area contributed by atoms with Crippen molar-refractivity contribution in [3.8, 4) is 0 Å². The zero-order valence-electron chi connectivity index (χ0n) is 10.7. The normalized spacial score (nSPS) is 10.8. The average molecular weight is 364 g/mol. The lowest BCUT2D eigenvalue weighted by molar-refractivity contribution is 0.112. The highest BCUT2D eigenvalue weighted by molar-refractivity contribution is 14.1. The van der Waals surface area contributed by atoms with Crippen molar-refractivity contribution in [3.63, 3.8) is 0 Å². The van der Waals surface area contributed by atoms with Crippen molar-refractivity contribution in [2.75, 3.05) is 0 Å². The van der Waals surface area contributed by atoms with Crippen molar-refractivity contribution in [3.05, 3.63) is 18.9 Å². The van der Waals surface area contributed by atoms with Crippen LogP contribution >= 0.6 is 33.9 Å². The summed E-state index contributed by atoms with van der Waals surface area (Å²) in [5, 5.41) is 0. The molecular formula is C14H21IOS. The molecule has 0 spiro atoms. The van der Waals surface area contributed by atoms with E-state index >= 15 is 0 Å². The van der Waals surface area contributed by atoms with E-state index in [0.717, 1.165) is 17.6 Å². The number of thiophene rings is 1. The number of unbranched alkanes of at least 4 members (excludes halogenated alkanes) is 5. The molecule has 0 aliphatic heterocycles. The molecule has 3 heteroatoms. The van der Waals surface area contributed by atoms with Gasteiger partial charge in [-0.3, -0.25) is 4.79 Å². The second-order valence-electron chi connectivity index (χ2n) is 4.45. The fraction of sp³-hybridized carbons (Fsp3) is 0.643. The number of carbonyl (C=O) groups is 1. The lowest BCUT2D eigenvalue weighted by Gasteiger charge is -2.02. The molecule has 0 N–H and O–H groups in total. The molecule has 0 aliphatic carbocycles. The Morgan fingerprint density at radius 2 is 1.82 bits per heavy atom. The van der Waals surface area contributed by atoms with Crippen LogP contribution in [0.15, 0.2) is 0 Å². The summed E-state index contributed by atoms with van der Waals surface area (Å²) < 4.78 is 1.31. The van der Waals surface area contributed by atoms with E-state index in [1.54, 1.807) is 11.3 Å². The molecule has 1 nitrogen and oxygen atoms in total. The van der Waals surface area contributed by atoms with Crippen LogP contribution in [0.1, 0.15) is 65.6 Å². The average Bonchev–Trinajstić information content (AvgIpc) is 2.60. The third-order valence-corrected chi connectivity index (χ3v) is 5.92. The van der Waals surface area contributed by atoms with Crippen LogP contribution in [0.5, 0.6) is 0 Å². The van der Waals surface area contributed by atoms with Gasteiger partial charge >= 0.3 is 0 Å². The molecule has 1 aromatic heterocycles. The van der Waals surface area contributed by atoms with Crippen LogP contribution in [-0.2, 0) is 6.42 Å². The van der Waals surface area contributed by atoms with Gasteiger partial charge in [-0.05, 0) is 47.9 Å². The van der Waals surface area contributed by atoms with Gasteiger partial charge in [0.15, 0.2) is 6.29 Å². The first kappa shape index (κ1) is 15.2. The summed E-state index contributed by atoms with van der Waals surface area (Å²) in [5.74, 6) is 0. The maximum atomic E-state index is 11.0. The molecule has 1 rings (SSSR count). The topological polar surface area (TPSA) is 17.1 Å². The van der Waals surface area contributed by atoms with Gasteiger partial charge < -0.3 is 0 Å². The van der Waals surface area contributed by atoms with E-state index in [1.807, 2.05) is 0 Å². The molecule has 0 atom stereocenters. The quantitative estimate of drug-likeness (QED) is 0.344. The van der Waals surface area contributed by atoms with E-state index in [9.17, 15) is 4.79 Å². The summed E-state index contributed by atoms with van der Waals surface area (Å²) in [5.41, 5.74) is 1.29. The van der Waals surface area contributed by atoms with E-state index in [0.29, 0.717) is 0 Å². The van der Waals surface area contributed by atoms with Crippen LogP contribution < -0.4 is 0 Å². The maximum absolute atomic E-state index is 11.0. The first-order chi connectivity index (χ1) is 8.20. The Morgan fingerprint density at radius 1 is 1.18 bits per heavy atom. The molecule has 1 aromatic rings. The maximum Gasteiger partial charge on any atom is 0.160 e. The standard InChI is InChI=1S/C14H21IOS/c1-3-4-5-6-7-8-9-12-13(10-16)17-11(2)14(12)15/h10H,3-9H2,1-2H3. The lowest BCUT2D eigenvalue weighted by atomic mass is 10.1. The molecule has 0 aliphatic rings. The number of carbonyl (C=O) groups excluding carboxylic acids is 1. The monoisotopic (exact) mass is 364 g/mol. The van der Waals surface area contributed by atoms with Crippen molar-refractivity contribution >= 4 is 40.2 Å². The van der Waals surface area contributed by atoms with E-state index in [-0.39, 0.29) is 0 Å². The molecule has 0 saturated heterocycles. The summed E-state index contributed by atoms with van der Waals surface area (Å²) in [6, 6.07) is 0. The minimum Gasteiger partial charge on any atom is -0.297 e. The Labute approximate surface area is 122 Å². The van der Waals surface area contributed by atoms with E-state index in [4.69, 9.17) is 0 Å². The first-order valence-electron chi connectivity index (χ1n) is 6.43. The van der Waals surface area contributed by atoms with Crippen molar-refractivity contribution < 1.29 is 4.79 Å². The van der Waals surface area contributed by atoms with Crippen molar-refractivity contribution in [2.24, 2.45) is 0 Å². The van der Waals surface area contributed by atoms with Crippen LogP contribution in [0.4, 0.5) is 0 Å². The highest BCUT2D eigenvalue weighted by atomic mass is 127. The molecule has 0 amide bonds. The zero-order chi connectivity index (χ0) is 12.7. The summed E-state index contributed by atoms with van der Waals surface area (Å²) >= 11 is 4.01. The summed E-state index contributed by atoms with van der Waals surface area (Å²) in [6.45, 7) is 4.34. The fourth-order valence-corrected chi connectivity index (χ4v) is 3.99. The molecule has 0 fully saturated rings. The molecule has 0 bridgehead atoms. The Kier molecular flexibility index (Phi) is 7.35. The van der Waals surface area contributed by atoms with Crippen LogP contribution in [0.25, 0.3) is 0 Å². The highest BCUT2D eigenvalue weighted by Crippen LogP contribution is 2.29. The minimum atomic E-state index is 0.945. The Balaban J connectivity index is 2.38. The smallest absolute Gasteiger partial charge is 0.160 e. The van der Waals surface area contributed by atoms with Gasteiger partial charge in [0.25, 0.3) is 0 Å². The third kappa shape index (κ3) is 4.70. The fourth-order valence-electron chi connectivity index (χ4n) is 2.00. The van der Waals surface area contributed by atoms with Gasteiger partial charge in [0.1, 0.15) is 0 Å². The van der Waals surface area contributed by atoms with Crippen molar-refractivity contribution in [2.45, 2.75) is 58.8 Å². The van der Waals surface area contributed by atoms with Crippen molar-refractivity contribution in [1.82, 2.24) is 0 Å². The molecular weight excluding hydrogens is 343 g/mol. The molecule has 1 heterocycles. The number of aldehydes is 1. The van der Waals surface area contributed by atoms with Gasteiger partial charge in [-0.2, -0.15) is 0 Å². The molecule has 0 unspecified atom stereocenters. The Morgan fingerprint density at radius 3 is 2.47 bits per heavy atom. The second kappa shape index (κ2) is 8.25. The highest BCUT2D eigenvalue weighted by Gasteiger charge is 2.12. The van der Waals surface area contributed by atoms with Crippen molar-refractivity contribution in [1.29, 1.82) is 0 Å². The first-order valence-corrected chi connectivity index (χ1v) is 8.33. The van der Waals surface area contributed by atoms with Crippen LogP contribution in [0.2, 0.25) is 0 Å². The number of aryl methyl sites for hydroxylation is 1. The van der Waals surface area contributed by atoms with Gasteiger partial charge in [0, 0.05) is 8.45 Å². The molecule has 0 aromatic carbocycles. The largest absolute Gasteiger partial charge is 0.297 e.